The minimum Gasteiger partial charge on any atom is -0.397 e. The minimum absolute atomic E-state index is 0.250. The second-order valence-corrected chi connectivity index (χ2v) is 0.316. The normalized spacial score (nSPS) is 6.00. The molecule has 0 aromatic carbocycles. The highest BCUT2D eigenvalue weighted by Gasteiger charge is 1.34. The van der Waals surface area contributed by atoms with Crippen LogP contribution in [0, 0.1) is 0 Å². The van der Waals surface area contributed by atoms with Crippen molar-refractivity contribution in [1.82, 2.24) is 0 Å². The largest absolute Gasteiger partial charge is 0.397 e. The Morgan fingerprint density at radius 3 is 1.60 bits per heavy atom. The van der Waals surface area contributed by atoms with Crippen LogP contribution >= 0.6 is 0 Å². The van der Waals surface area contributed by atoms with Gasteiger partial charge in [0.2, 0.25) is 0 Å². The standard InChI is InChI=1S/C2H6O.H6Si2/c1-2-3;1-2/h3H,2H2,1H3;1-2H3. The van der Waals surface area contributed by atoms with Crippen molar-refractivity contribution in [3.05, 3.63) is 0 Å². The van der Waals surface area contributed by atoms with Gasteiger partial charge in [-0.1, -0.05) is 0 Å². The summed E-state index contributed by atoms with van der Waals surface area (Å²) in [4.78, 5) is 0. The molecule has 3 heteroatoms. The average Bonchev–Trinajstić information content (AvgIpc) is 1.46. The molecule has 0 fully saturated rings. The third-order valence-corrected chi connectivity index (χ3v) is 0. The van der Waals surface area contributed by atoms with E-state index in [1.54, 1.807) is 6.92 Å². The van der Waals surface area contributed by atoms with Crippen molar-refractivity contribution >= 4 is 19.5 Å². The van der Waals surface area contributed by atoms with Gasteiger partial charge in [-0.3, -0.25) is 0 Å². The fourth-order valence-corrected chi connectivity index (χ4v) is 0. The Morgan fingerprint density at radius 1 is 1.60 bits per heavy atom. The van der Waals surface area contributed by atoms with Gasteiger partial charge in [-0.05, 0) is 26.4 Å². The Kier molecular flexibility index (Phi) is 47.1. The lowest BCUT2D eigenvalue weighted by Gasteiger charge is -1.52. The van der Waals surface area contributed by atoms with Crippen LogP contribution in [0.4, 0.5) is 0 Å². The summed E-state index contributed by atoms with van der Waals surface area (Å²) in [7, 11) is 2.89. The molecule has 0 amide bonds. The zero-order chi connectivity index (χ0) is 4.71. The quantitative estimate of drug-likeness (QED) is 0.344. The SMILES string of the molecule is CCO.[SiH3][SiH3]. The van der Waals surface area contributed by atoms with E-state index in [-0.39, 0.29) is 6.61 Å². The van der Waals surface area contributed by atoms with Crippen molar-refractivity contribution in [1.29, 1.82) is 0 Å². The number of hydrogen-bond donors (Lipinski definition) is 1. The van der Waals surface area contributed by atoms with Gasteiger partial charge < -0.3 is 5.11 Å². The lowest BCUT2D eigenvalue weighted by atomic mass is 10.9. The van der Waals surface area contributed by atoms with Crippen molar-refractivity contribution < 1.29 is 5.11 Å². The van der Waals surface area contributed by atoms with Crippen molar-refractivity contribution in [3.8, 4) is 0 Å². The summed E-state index contributed by atoms with van der Waals surface area (Å²) in [5.74, 6) is 0. The molecule has 0 bridgehead atoms. The average molecular weight is 108 g/mol. The van der Waals surface area contributed by atoms with E-state index in [9.17, 15) is 0 Å². The predicted molar refractivity (Wildman–Crippen MR) is 32.6 cm³/mol. The molecule has 0 aromatic heterocycles. The molecule has 5 heavy (non-hydrogen) atoms. The summed E-state index contributed by atoms with van der Waals surface area (Å²) in [6.07, 6.45) is 0. The molecule has 0 radical (unpaired) electrons. The van der Waals surface area contributed by atoms with E-state index in [0.29, 0.717) is 0 Å². The molecule has 0 saturated carbocycles. The molecule has 0 aliphatic carbocycles. The highest BCUT2D eigenvalue weighted by molar-refractivity contribution is 6.75. The van der Waals surface area contributed by atoms with E-state index in [4.69, 9.17) is 5.11 Å². The van der Waals surface area contributed by atoms with Crippen LogP contribution in [0.1, 0.15) is 6.92 Å². The molecule has 34 valence electrons. The van der Waals surface area contributed by atoms with Gasteiger partial charge in [0.1, 0.15) is 0 Å². The Balaban J connectivity index is 0. The monoisotopic (exact) mass is 108 g/mol. The minimum atomic E-state index is 0.250. The highest BCUT2D eigenvalue weighted by Crippen LogP contribution is 1.30. The van der Waals surface area contributed by atoms with E-state index in [1.807, 2.05) is 0 Å². The van der Waals surface area contributed by atoms with Gasteiger partial charge in [0, 0.05) is 6.61 Å². The van der Waals surface area contributed by atoms with Gasteiger partial charge in [-0.15, -0.1) is 0 Å². The number of aliphatic hydroxyl groups is 1. The van der Waals surface area contributed by atoms with Crippen molar-refractivity contribution in [2.75, 3.05) is 6.61 Å². The van der Waals surface area contributed by atoms with Gasteiger partial charge in [-0.25, -0.2) is 0 Å². The van der Waals surface area contributed by atoms with Gasteiger partial charge in [0.15, 0.2) is 0 Å². The van der Waals surface area contributed by atoms with Gasteiger partial charge in [0.05, 0.1) is 0 Å². The van der Waals surface area contributed by atoms with Crippen LogP contribution in [-0.4, -0.2) is 31.2 Å². The second kappa shape index (κ2) is 26.1. The molecule has 0 unspecified atom stereocenters. The fourth-order valence-electron chi connectivity index (χ4n) is 0. The van der Waals surface area contributed by atoms with Crippen LogP contribution in [0.2, 0.25) is 0 Å². The van der Waals surface area contributed by atoms with Gasteiger partial charge in [0.25, 0.3) is 0 Å². The maximum absolute atomic E-state index is 7.57. The maximum atomic E-state index is 7.57. The molecule has 0 heterocycles. The van der Waals surface area contributed by atoms with E-state index < -0.39 is 0 Å². The molecule has 0 aromatic rings. The molecule has 1 nitrogen and oxygen atoms in total. The maximum Gasteiger partial charge on any atom is 0.0402 e. The lowest BCUT2D eigenvalue weighted by Crippen LogP contribution is -1.57. The van der Waals surface area contributed by atoms with Crippen LogP contribution in [0.3, 0.4) is 0 Å². The summed E-state index contributed by atoms with van der Waals surface area (Å²) in [6, 6.07) is 0. The first-order valence-electron chi connectivity index (χ1n) is 2.02. The molecular weight excluding hydrogens is 96.2 g/mol. The van der Waals surface area contributed by atoms with Crippen LogP contribution in [0.15, 0.2) is 0 Å². The zero-order valence-corrected chi connectivity index (χ0v) is 8.15. The summed E-state index contributed by atoms with van der Waals surface area (Å²) >= 11 is 0. The topological polar surface area (TPSA) is 20.2 Å². The van der Waals surface area contributed by atoms with E-state index in [1.165, 1.54) is 19.5 Å². The summed E-state index contributed by atoms with van der Waals surface area (Å²) in [6.45, 7) is 1.93. The predicted octanol–water partition coefficient (Wildman–Crippen LogP) is -2.37. The van der Waals surface area contributed by atoms with Gasteiger partial charge in [-0.2, -0.15) is 0 Å². The van der Waals surface area contributed by atoms with Gasteiger partial charge >= 0.3 is 0 Å². The molecule has 0 aliphatic heterocycles. The number of hydrogen-bond acceptors (Lipinski definition) is 1. The first-order chi connectivity index (χ1) is 2.41. The zero-order valence-electron chi connectivity index (χ0n) is 4.15. The molecule has 0 atom stereocenters. The summed E-state index contributed by atoms with van der Waals surface area (Å²) < 4.78 is 0. The van der Waals surface area contributed by atoms with E-state index in [2.05, 4.69) is 0 Å². The molecule has 0 saturated heterocycles. The Morgan fingerprint density at radius 2 is 1.60 bits per heavy atom. The molecular formula is C2H12OSi2. The first-order valence-corrected chi connectivity index (χ1v) is 10.0. The Labute approximate surface area is 39.0 Å². The molecule has 1 N–H and O–H groups in total. The first kappa shape index (κ1) is 9.04. The second-order valence-electron chi connectivity index (χ2n) is 0.316. The fraction of sp³-hybridized carbons (Fsp3) is 1.00. The summed E-state index contributed by atoms with van der Waals surface area (Å²) in [5.41, 5.74) is 0. The highest BCUT2D eigenvalue weighted by atomic mass is 29.1. The third kappa shape index (κ3) is 162. The Hall–Kier alpha value is 0.394. The number of aliphatic hydroxyl groups excluding tert-OH is 1. The molecule has 0 rings (SSSR count). The van der Waals surface area contributed by atoms with Crippen LogP contribution in [-0.2, 0) is 0 Å². The van der Waals surface area contributed by atoms with E-state index >= 15 is 0 Å². The van der Waals surface area contributed by atoms with Crippen LogP contribution in [0.5, 0.6) is 0 Å². The van der Waals surface area contributed by atoms with Crippen molar-refractivity contribution in [2.24, 2.45) is 0 Å². The van der Waals surface area contributed by atoms with Crippen LogP contribution < -0.4 is 0 Å². The van der Waals surface area contributed by atoms with Crippen molar-refractivity contribution in [2.45, 2.75) is 6.92 Å². The smallest absolute Gasteiger partial charge is 0.0402 e. The molecule has 0 spiro atoms. The van der Waals surface area contributed by atoms with E-state index in [0.717, 1.165) is 0 Å². The third-order valence-electron chi connectivity index (χ3n) is 0. The summed E-state index contributed by atoms with van der Waals surface area (Å²) in [5, 5.41) is 7.57. The number of rotatable bonds is 0. The van der Waals surface area contributed by atoms with Crippen LogP contribution in [0.25, 0.3) is 0 Å². The Bertz CT molecular complexity index is 7.61. The lowest BCUT2D eigenvalue weighted by molar-refractivity contribution is 0.318. The van der Waals surface area contributed by atoms with Crippen molar-refractivity contribution in [3.63, 3.8) is 0 Å². The molecule has 0 aliphatic rings.